The summed E-state index contributed by atoms with van der Waals surface area (Å²) in [5, 5.41) is 9.22. The zero-order chi connectivity index (χ0) is 18.0. The van der Waals surface area contributed by atoms with Gasteiger partial charge in [0.25, 0.3) is 0 Å². The van der Waals surface area contributed by atoms with Gasteiger partial charge in [0.05, 0.1) is 16.1 Å². The molecule has 0 atom stereocenters. The van der Waals surface area contributed by atoms with Gasteiger partial charge in [0, 0.05) is 26.2 Å². The third-order valence-electron chi connectivity index (χ3n) is 4.17. The number of nitrogens with zero attached hydrogens (tertiary/aromatic N) is 2. The van der Waals surface area contributed by atoms with Gasteiger partial charge in [-0.1, -0.05) is 24.3 Å². The van der Waals surface area contributed by atoms with Gasteiger partial charge in [-0.25, -0.2) is 17.6 Å². The second-order valence-electron chi connectivity index (χ2n) is 5.64. The van der Waals surface area contributed by atoms with E-state index in [1.54, 1.807) is 23.1 Å². The number of para-hydroxylation sites is 1. The Morgan fingerprint density at radius 1 is 0.960 bits per heavy atom. The zero-order valence-electron chi connectivity index (χ0n) is 13.3. The highest BCUT2D eigenvalue weighted by molar-refractivity contribution is 7.89. The number of carboxylic acid groups (broad SMARTS) is 1. The molecule has 0 aliphatic carbocycles. The molecule has 1 aliphatic rings. The number of halogens is 1. The average Bonchev–Trinajstić information content (AvgIpc) is 2.62. The van der Waals surface area contributed by atoms with Crippen LogP contribution in [0, 0.1) is 5.82 Å². The molecule has 1 saturated heterocycles. The summed E-state index contributed by atoms with van der Waals surface area (Å²) in [5.41, 5.74) is 0.185. The lowest BCUT2D eigenvalue weighted by Crippen LogP contribution is -2.49. The lowest BCUT2D eigenvalue weighted by molar-refractivity contribution is 0.0692. The fraction of sp³-hybridized carbons (Fsp3) is 0.235. The van der Waals surface area contributed by atoms with Crippen molar-refractivity contribution in [2.45, 2.75) is 4.90 Å². The molecule has 0 radical (unpaired) electrons. The average molecular weight is 364 g/mol. The lowest BCUT2D eigenvalue weighted by Gasteiger charge is -2.35. The Balaban J connectivity index is 1.81. The smallest absolute Gasteiger partial charge is 0.337 e. The molecule has 1 heterocycles. The van der Waals surface area contributed by atoms with Crippen LogP contribution >= 0.6 is 0 Å². The maximum Gasteiger partial charge on any atom is 0.337 e. The van der Waals surface area contributed by atoms with Crippen molar-refractivity contribution < 1.29 is 22.7 Å². The summed E-state index contributed by atoms with van der Waals surface area (Å²) in [4.78, 5) is 12.9. The summed E-state index contributed by atoms with van der Waals surface area (Å²) in [6.45, 7) is 0.972. The van der Waals surface area contributed by atoms with Crippen molar-refractivity contribution in [3.8, 4) is 0 Å². The first-order valence-corrected chi connectivity index (χ1v) is 9.17. The number of hydrogen-bond donors (Lipinski definition) is 1. The van der Waals surface area contributed by atoms with Crippen LogP contribution in [0.1, 0.15) is 10.4 Å². The Hall–Kier alpha value is -2.45. The number of carboxylic acids is 1. The Bertz CT molecular complexity index is 893. The summed E-state index contributed by atoms with van der Waals surface area (Å²) in [5.74, 6) is -1.64. The summed E-state index contributed by atoms with van der Waals surface area (Å²) in [7, 11) is -3.92. The van der Waals surface area contributed by atoms with Gasteiger partial charge in [0.15, 0.2) is 0 Å². The fourth-order valence-corrected chi connectivity index (χ4v) is 4.49. The number of anilines is 1. The van der Waals surface area contributed by atoms with Crippen molar-refractivity contribution in [3.05, 3.63) is 59.9 Å². The minimum Gasteiger partial charge on any atom is -0.478 e. The van der Waals surface area contributed by atoms with Crippen LogP contribution in [0.2, 0.25) is 0 Å². The summed E-state index contributed by atoms with van der Waals surface area (Å²) in [6.07, 6.45) is 0. The van der Waals surface area contributed by atoms with Crippen molar-refractivity contribution in [2.24, 2.45) is 0 Å². The van der Waals surface area contributed by atoms with Gasteiger partial charge < -0.3 is 10.0 Å². The number of carbonyl (C=O) groups is 1. The van der Waals surface area contributed by atoms with E-state index in [9.17, 15) is 22.7 Å². The fourth-order valence-electron chi connectivity index (χ4n) is 2.88. The van der Waals surface area contributed by atoms with Crippen LogP contribution in [-0.4, -0.2) is 50.0 Å². The number of piperazine rings is 1. The highest BCUT2D eigenvalue weighted by Gasteiger charge is 2.31. The van der Waals surface area contributed by atoms with Crippen molar-refractivity contribution in [3.63, 3.8) is 0 Å². The van der Waals surface area contributed by atoms with E-state index in [4.69, 9.17) is 0 Å². The molecule has 132 valence electrons. The highest BCUT2D eigenvalue weighted by atomic mass is 32.2. The molecule has 2 aromatic carbocycles. The second-order valence-corrected chi connectivity index (χ2v) is 7.55. The van der Waals surface area contributed by atoms with Crippen LogP contribution in [0.25, 0.3) is 0 Å². The molecular formula is C17H17FN2O4S. The third kappa shape index (κ3) is 3.35. The molecule has 0 saturated carbocycles. The molecule has 0 aromatic heterocycles. The van der Waals surface area contributed by atoms with Gasteiger partial charge in [-0.05, 0) is 24.3 Å². The van der Waals surface area contributed by atoms with Crippen LogP contribution < -0.4 is 4.90 Å². The monoisotopic (exact) mass is 364 g/mol. The van der Waals surface area contributed by atoms with Crippen molar-refractivity contribution in [2.75, 3.05) is 31.1 Å². The number of aromatic carboxylic acids is 1. The van der Waals surface area contributed by atoms with Crippen LogP contribution in [0.4, 0.5) is 10.1 Å². The molecule has 1 N–H and O–H groups in total. The summed E-state index contributed by atoms with van der Waals surface area (Å²) in [6, 6.07) is 11.9. The molecule has 25 heavy (non-hydrogen) atoms. The molecule has 0 spiro atoms. The molecule has 1 aliphatic heterocycles. The second kappa shape index (κ2) is 6.81. The van der Waals surface area contributed by atoms with Gasteiger partial charge >= 0.3 is 5.97 Å². The van der Waals surface area contributed by atoms with E-state index < -0.39 is 16.0 Å². The van der Waals surface area contributed by atoms with Gasteiger partial charge in [0.1, 0.15) is 5.82 Å². The SMILES string of the molecule is O=C(O)c1ccccc1S(=O)(=O)N1CCN(c2ccccc2F)CC1. The van der Waals surface area contributed by atoms with E-state index in [0.29, 0.717) is 18.8 Å². The Morgan fingerprint density at radius 3 is 2.20 bits per heavy atom. The quantitative estimate of drug-likeness (QED) is 0.898. The van der Waals surface area contributed by atoms with E-state index in [1.165, 1.54) is 34.6 Å². The molecule has 1 fully saturated rings. The highest BCUT2D eigenvalue weighted by Crippen LogP contribution is 2.24. The number of rotatable bonds is 4. The summed E-state index contributed by atoms with van der Waals surface area (Å²) >= 11 is 0. The Kier molecular flexibility index (Phi) is 4.73. The molecule has 0 amide bonds. The van der Waals surface area contributed by atoms with Crippen LogP contribution in [0.5, 0.6) is 0 Å². The molecule has 3 rings (SSSR count). The maximum atomic E-state index is 13.9. The maximum absolute atomic E-state index is 13.9. The summed E-state index contributed by atoms with van der Waals surface area (Å²) < 4.78 is 40.7. The zero-order valence-corrected chi connectivity index (χ0v) is 14.1. The van der Waals surface area contributed by atoms with E-state index >= 15 is 0 Å². The molecule has 0 unspecified atom stereocenters. The number of benzene rings is 2. The standard InChI is InChI=1S/C17H17FN2O4S/c18-14-6-2-3-7-15(14)19-9-11-20(12-10-19)25(23,24)16-8-4-1-5-13(16)17(21)22/h1-8H,9-12H2,(H,21,22). The van der Waals surface area contributed by atoms with Crippen molar-refractivity contribution >= 4 is 21.7 Å². The third-order valence-corrected chi connectivity index (χ3v) is 6.12. The normalized spacial score (nSPS) is 16.0. The molecule has 2 aromatic rings. The first-order chi connectivity index (χ1) is 11.9. The van der Waals surface area contributed by atoms with Crippen LogP contribution in [-0.2, 0) is 10.0 Å². The molecular weight excluding hydrogens is 347 g/mol. The Morgan fingerprint density at radius 2 is 1.56 bits per heavy atom. The predicted molar refractivity (Wildman–Crippen MR) is 90.8 cm³/mol. The van der Waals surface area contributed by atoms with E-state index in [2.05, 4.69) is 0 Å². The number of hydrogen-bond acceptors (Lipinski definition) is 4. The number of sulfonamides is 1. The van der Waals surface area contributed by atoms with E-state index in [0.717, 1.165) is 0 Å². The van der Waals surface area contributed by atoms with Crippen LogP contribution in [0.3, 0.4) is 0 Å². The minimum atomic E-state index is -3.92. The van der Waals surface area contributed by atoms with Gasteiger partial charge in [-0.3, -0.25) is 0 Å². The van der Waals surface area contributed by atoms with E-state index in [1.807, 2.05) is 0 Å². The molecule has 0 bridgehead atoms. The first kappa shape index (κ1) is 17.4. The largest absolute Gasteiger partial charge is 0.478 e. The minimum absolute atomic E-state index is 0.157. The van der Waals surface area contributed by atoms with Gasteiger partial charge in [0.2, 0.25) is 10.0 Å². The molecule has 6 nitrogen and oxygen atoms in total. The van der Waals surface area contributed by atoms with Crippen LogP contribution in [0.15, 0.2) is 53.4 Å². The molecule has 8 heteroatoms. The van der Waals surface area contributed by atoms with Crippen molar-refractivity contribution in [1.29, 1.82) is 0 Å². The predicted octanol–water partition coefficient (Wildman–Crippen LogP) is 2.03. The van der Waals surface area contributed by atoms with Gasteiger partial charge in [-0.2, -0.15) is 4.31 Å². The first-order valence-electron chi connectivity index (χ1n) is 7.73. The topological polar surface area (TPSA) is 77.9 Å². The van der Waals surface area contributed by atoms with Crippen molar-refractivity contribution in [1.82, 2.24) is 4.31 Å². The lowest BCUT2D eigenvalue weighted by atomic mass is 10.2. The van der Waals surface area contributed by atoms with E-state index in [-0.39, 0.29) is 29.4 Å². The Labute approximate surface area is 145 Å². The van der Waals surface area contributed by atoms with Gasteiger partial charge in [-0.15, -0.1) is 0 Å².